The topological polar surface area (TPSA) is 0 Å². The molecular formula is C16H30Sn. The first-order valence-corrected chi connectivity index (χ1v) is 17.8. The van der Waals surface area contributed by atoms with Gasteiger partial charge in [-0.3, -0.25) is 0 Å². The van der Waals surface area contributed by atoms with E-state index in [1.54, 1.807) is 12.8 Å². The summed E-state index contributed by atoms with van der Waals surface area (Å²) < 4.78 is 1.15. The molecular weight excluding hydrogens is 311 g/mol. The molecule has 2 aliphatic carbocycles. The van der Waals surface area contributed by atoms with Crippen LogP contribution in [0.2, 0.25) is 18.8 Å². The number of hydrogen-bond donors (Lipinski definition) is 0. The van der Waals surface area contributed by atoms with Crippen molar-refractivity contribution in [2.24, 2.45) is 23.7 Å². The summed E-state index contributed by atoms with van der Waals surface area (Å²) in [5.41, 5.74) is 0. The SMILES string of the molecule is C=CC(CCC)[C@@H]1[C@H]2CC[C@H](C2)[C@@H]1[Sn]([CH3])([CH3])[CH3]. The molecule has 0 heterocycles. The van der Waals surface area contributed by atoms with Gasteiger partial charge in [-0.2, -0.15) is 0 Å². The molecule has 0 aliphatic heterocycles. The molecule has 0 amide bonds. The van der Waals surface area contributed by atoms with E-state index in [-0.39, 0.29) is 0 Å². The number of rotatable bonds is 5. The van der Waals surface area contributed by atoms with E-state index in [9.17, 15) is 0 Å². The normalized spacial score (nSPS) is 38.4. The van der Waals surface area contributed by atoms with Gasteiger partial charge in [-0.1, -0.05) is 0 Å². The van der Waals surface area contributed by atoms with Crippen molar-refractivity contribution in [3.8, 4) is 0 Å². The Hall–Kier alpha value is 0.539. The molecule has 1 unspecified atom stereocenters. The third-order valence-electron chi connectivity index (χ3n) is 5.40. The van der Waals surface area contributed by atoms with Gasteiger partial charge in [-0.15, -0.1) is 0 Å². The van der Waals surface area contributed by atoms with E-state index in [2.05, 4.69) is 34.4 Å². The molecule has 0 spiro atoms. The quantitative estimate of drug-likeness (QED) is 0.468. The second-order valence-corrected chi connectivity index (χ2v) is 22.9. The maximum absolute atomic E-state index is 4.15. The molecule has 2 saturated carbocycles. The van der Waals surface area contributed by atoms with Gasteiger partial charge in [0.25, 0.3) is 0 Å². The molecule has 0 N–H and O–H groups in total. The predicted octanol–water partition coefficient (Wildman–Crippen LogP) is 5.34. The molecule has 5 atom stereocenters. The Morgan fingerprint density at radius 2 is 1.88 bits per heavy atom. The summed E-state index contributed by atoms with van der Waals surface area (Å²) in [5.74, 6) is 4.04. The van der Waals surface area contributed by atoms with Gasteiger partial charge in [0.05, 0.1) is 0 Å². The average molecular weight is 341 g/mol. The van der Waals surface area contributed by atoms with Crippen molar-refractivity contribution in [3.05, 3.63) is 12.7 Å². The fourth-order valence-corrected chi connectivity index (χ4v) is 14.7. The van der Waals surface area contributed by atoms with Crippen LogP contribution in [0.1, 0.15) is 39.0 Å². The number of hydrogen-bond acceptors (Lipinski definition) is 0. The van der Waals surface area contributed by atoms with Crippen LogP contribution >= 0.6 is 0 Å². The van der Waals surface area contributed by atoms with Gasteiger partial charge >= 0.3 is 112 Å². The molecule has 1 heteroatoms. The average Bonchev–Trinajstić information content (AvgIpc) is 2.84. The molecule has 2 rings (SSSR count). The van der Waals surface area contributed by atoms with Crippen LogP contribution in [0, 0.1) is 23.7 Å². The van der Waals surface area contributed by atoms with Crippen LogP contribution in [0.4, 0.5) is 0 Å². The van der Waals surface area contributed by atoms with Gasteiger partial charge in [0.15, 0.2) is 0 Å². The second kappa shape index (κ2) is 5.27. The first kappa shape index (κ1) is 14.0. The molecule has 98 valence electrons. The first-order valence-electron chi connectivity index (χ1n) is 7.61. The van der Waals surface area contributed by atoms with Gasteiger partial charge in [0.1, 0.15) is 0 Å². The Labute approximate surface area is 112 Å². The van der Waals surface area contributed by atoms with E-state index in [1.165, 1.54) is 19.3 Å². The molecule has 0 nitrogen and oxygen atoms in total. The van der Waals surface area contributed by atoms with Crippen LogP contribution in [-0.4, -0.2) is 18.4 Å². The van der Waals surface area contributed by atoms with Crippen LogP contribution < -0.4 is 0 Å². The van der Waals surface area contributed by atoms with Crippen LogP contribution in [0.25, 0.3) is 0 Å². The van der Waals surface area contributed by atoms with Crippen molar-refractivity contribution in [2.45, 2.75) is 57.8 Å². The summed E-state index contributed by atoms with van der Waals surface area (Å²) in [4.78, 5) is 8.00. The monoisotopic (exact) mass is 342 g/mol. The minimum absolute atomic E-state index is 0.830. The van der Waals surface area contributed by atoms with Crippen molar-refractivity contribution < 1.29 is 0 Å². The molecule has 0 aromatic carbocycles. The number of fused-ring (bicyclic) bond motifs is 2. The van der Waals surface area contributed by atoms with Gasteiger partial charge < -0.3 is 0 Å². The summed E-state index contributed by atoms with van der Waals surface area (Å²) >= 11 is -1.76. The van der Waals surface area contributed by atoms with Crippen molar-refractivity contribution in [1.82, 2.24) is 0 Å². The van der Waals surface area contributed by atoms with Gasteiger partial charge in [-0.05, 0) is 0 Å². The summed E-state index contributed by atoms with van der Waals surface area (Å²) in [6.45, 7) is 6.48. The Morgan fingerprint density at radius 3 is 2.41 bits per heavy atom. The third kappa shape index (κ3) is 2.62. The molecule has 0 saturated heterocycles. The summed E-state index contributed by atoms with van der Waals surface area (Å²) in [6.07, 6.45) is 9.67. The van der Waals surface area contributed by atoms with Crippen molar-refractivity contribution in [1.29, 1.82) is 0 Å². The Bertz CT molecular complexity index is 276. The summed E-state index contributed by atoms with van der Waals surface area (Å²) in [6, 6.07) is 0. The van der Waals surface area contributed by atoms with Gasteiger partial charge in [-0.25, -0.2) is 0 Å². The molecule has 2 bridgehead atoms. The second-order valence-electron chi connectivity index (χ2n) is 7.49. The fraction of sp³-hybridized carbons (Fsp3) is 0.875. The van der Waals surface area contributed by atoms with Crippen molar-refractivity contribution >= 4 is 18.4 Å². The third-order valence-corrected chi connectivity index (χ3v) is 13.6. The van der Waals surface area contributed by atoms with Gasteiger partial charge in [0.2, 0.25) is 0 Å². The standard InChI is InChI=1S/C13H21.3CH3.Sn/c1-3-5-11(4-2)13-9-10-6-7-12(13)8-10;;;;/h4,9-13H,2-3,5-8H2,1H3;3*1H3;/t10-,11?,12+,13-;;;;/m1..../s1. The zero-order valence-corrected chi connectivity index (χ0v) is 15.1. The molecule has 2 aliphatic rings. The van der Waals surface area contributed by atoms with Crippen molar-refractivity contribution in [2.75, 3.05) is 0 Å². The summed E-state index contributed by atoms with van der Waals surface area (Å²) in [5, 5.41) is 0. The Kier molecular flexibility index (Phi) is 4.32. The maximum atomic E-state index is 4.15. The van der Waals surface area contributed by atoms with Crippen LogP contribution in [0.15, 0.2) is 12.7 Å². The van der Waals surface area contributed by atoms with E-state index in [1.807, 2.05) is 0 Å². The minimum atomic E-state index is -1.76. The van der Waals surface area contributed by atoms with E-state index in [0.717, 1.165) is 27.6 Å². The Morgan fingerprint density at radius 1 is 1.24 bits per heavy atom. The molecule has 0 radical (unpaired) electrons. The molecule has 0 aromatic rings. The van der Waals surface area contributed by atoms with E-state index < -0.39 is 18.4 Å². The molecule has 2 fully saturated rings. The Balaban J connectivity index is 2.21. The van der Waals surface area contributed by atoms with Crippen molar-refractivity contribution in [3.63, 3.8) is 0 Å². The summed E-state index contributed by atoms with van der Waals surface area (Å²) in [7, 11) is 0. The van der Waals surface area contributed by atoms with Crippen LogP contribution in [-0.2, 0) is 0 Å². The molecule has 0 aromatic heterocycles. The van der Waals surface area contributed by atoms with Crippen LogP contribution in [0.3, 0.4) is 0 Å². The first-order chi connectivity index (χ1) is 7.99. The predicted molar refractivity (Wildman–Crippen MR) is 80.0 cm³/mol. The fourth-order valence-electron chi connectivity index (χ4n) is 5.04. The van der Waals surface area contributed by atoms with Gasteiger partial charge in [0, 0.05) is 0 Å². The van der Waals surface area contributed by atoms with E-state index in [4.69, 9.17) is 0 Å². The van der Waals surface area contributed by atoms with E-state index >= 15 is 0 Å². The van der Waals surface area contributed by atoms with Crippen LogP contribution in [0.5, 0.6) is 0 Å². The molecule has 17 heavy (non-hydrogen) atoms. The number of allylic oxidation sites excluding steroid dienone is 1. The zero-order chi connectivity index (χ0) is 12.6. The van der Waals surface area contributed by atoms with E-state index in [0.29, 0.717) is 0 Å². The zero-order valence-electron chi connectivity index (χ0n) is 12.2.